The molecule has 0 unspecified atom stereocenters. The molecule has 0 heterocycles. The number of alkyl halides is 3. The maximum Gasteiger partial charge on any atom is 0.573 e. The molecule has 0 aliphatic rings. The second-order valence-corrected chi connectivity index (χ2v) is 11.0. The first kappa shape index (κ1) is 30.4. The van der Waals surface area contributed by atoms with Gasteiger partial charge in [-0.25, -0.2) is 0 Å². The summed E-state index contributed by atoms with van der Waals surface area (Å²) in [6.07, 6.45) is -4.78. The van der Waals surface area contributed by atoms with Crippen molar-refractivity contribution in [2.45, 2.75) is 29.2 Å². The van der Waals surface area contributed by atoms with Gasteiger partial charge in [-0.15, -0.1) is 24.9 Å². The van der Waals surface area contributed by atoms with Crippen LogP contribution in [0.2, 0.25) is 0 Å². The minimum absolute atomic E-state index is 0.227. The second kappa shape index (κ2) is 14.9. The third kappa shape index (κ3) is 10.4. The summed E-state index contributed by atoms with van der Waals surface area (Å²) in [6, 6.07) is 31.1. The molecule has 0 aliphatic carbocycles. The number of nitrogens with zero attached hydrogens (tertiary/aromatic N) is 1. The number of amides is 1. The van der Waals surface area contributed by atoms with Gasteiger partial charge in [0.25, 0.3) is 5.91 Å². The standard InChI is InChI=1S/C31H29F3N2O3S2/c1-38-27-7-5-6-24(20-27)22-36(18-19-40-28-8-3-2-4-9-28)21-23-10-16-29(17-11-23)41-35-30(37)25-12-14-26(15-13-25)39-31(32,33)34/h2-17,20H,18-19,21-22H2,1H3,(H,35,37). The largest absolute Gasteiger partial charge is 0.573 e. The highest BCUT2D eigenvalue weighted by molar-refractivity contribution is 7.99. The van der Waals surface area contributed by atoms with Crippen molar-refractivity contribution in [3.8, 4) is 11.5 Å². The van der Waals surface area contributed by atoms with Gasteiger partial charge in [0.2, 0.25) is 0 Å². The van der Waals surface area contributed by atoms with Crippen molar-refractivity contribution in [1.82, 2.24) is 9.62 Å². The van der Waals surface area contributed by atoms with Crippen molar-refractivity contribution >= 4 is 29.6 Å². The number of carbonyl (C=O) groups excluding carboxylic acids is 1. The van der Waals surface area contributed by atoms with E-state index in [2.05, 4.69) is 38.6 Å². The van der Waals surface area contributed by atoms with Crippen LogP contribution in [-0.4, -0.2) is 36.6 Å². The highest BCUT2D eigenvalue weighted by Gasteiger charge is 2.31. The van der Waals surface area contributed by atoms with Crippen molar-refractivity contribution in [3.05, 3.63) is 120 Å². The predicted octanol–water partition coefficient (Wildman–Crippen LogP) is 7.83. The summed E-state index contributed by atoms with van der Waals surface area (Å²) in [5, 5.41) is 0. The molecule has 0 atom stereocenters. The molecule has 0 saturated carbocycles. The zero-order valence-electron chi connectivity index (χ0n) is 22.3. The Morgan fingerprint density at radius 1 is 0.805 bits per heavy atom. The number of rotatable bonds is 13. The molecule has 214 valence electrons. The maximum absolute atomic E-state index is 12.4. The molecule has 4 rings (SSSR count). The van der Waals surface area contributed by atoms with E-state index in [1.807, 2.05) is 66.4 Å². The summed E-state index contributed by atoms with van der Waals surface area (Å²) in [7, 11) is 1.67. The normalized spacial score (nSPS) is 11.3. The number of thioether (sulfide) groups is 1. The monoisotopic (exact) mass is 598 g/mol. The fraction of sp³-hybridized carbons (Fsp3) is 0.194. The summed E-state index contributed by atoms with van der Waals surface area (Å²) in [6.45, 7) is 2.40. The minimum Gasteiger partial charge on any atom is -0.497 e. The van der Waals surface area contributed by atoms with Crippen LogP contribution >= 0.6 is 23.7 Å². The van der Waals surface area contributed by atoms with E-state index in [0.29, 0.717) is 0 Å². The van der Waals surface area contributed by atoms with Crippen molar-refractivity contribution in [1.29, 1.82) is 0 Å². The molecule has 41 heavy (non-hydrogen) atoms. The Morgan fingerprint density at radius 2 is 1.51 bits per heavy atom. The third-order valence-corrected chi connectivity index (χ3v) is 7.69. The Labute approximate surface area is 246 Å². The van der Waals surface area contributed by atoms with Crippen LogP contribution in [0.4, 0.5) is 13.2 Å². The number of carbonyl (C=O) groups is 1. The van der Waals surface area contributed by atoms with E-state index < -0.39 is 12.3 Å². The van der Waals surface area contributed by atoms with Gasteiger partial charge in [-0.1, -0.05) is 42.5 Å². The van der Waals surface area contributed by atoms with E-state index >= 15 is 0 Å². The summed E-state index contributed by atoms with van der Waals surface area (Å²) in [5.41, 5.74) is 2.53. The Bertz CT molecular complexity index is 1390. The summed E-state index contributed by atoms with van der Waals surface area (Å²) in [4.78, 5) is 16.9. The van der Waals surface area contributed by atoms with Gasteiger partial charge in [0, 0.05) is 40.7 Å². The number of hydrogen-bond acceptors (Lipinski definition) is 6. The van der Waals surface area contributed by atoms with Crippen LogP contribution in [0.3, 0.4) is 0 Å². The molecule has 0 saturated heterocycles. The van der Waals surface area contributed by atoms with Gasteiger partial charge < -0.3 is 9.47 Å². The van der Waals surface area contributed by atoms with E-state index in [1.54, 1.807) is 7.11 Å². The SMILES string of the molecule is COc1cccc(CN(CCSc2ccccc2)Cc2ccc(SNC(=O)c3ccc(OC(F)(F)F)cc3)cc2)c1. The van der Waals surface area contributed by atoms with Crippen LogP contribution in [0.1, 0.15) is 21.5 Å². The minimum atomic E-state index is -4.78. The van der Waals surface area contributed by atoms with Gasteiger partial charge in [0.15, 0.2) is 0 Å². The molecule has 0 aromatic heterocycles. The Hall–Kier alpha value is -3.60. The number of hydrogen-bond donors (Lipinski definition) is 1. The zero-order chi connectivity index (χ0) is 29.1. The Morgan fingerprint density at radius 3 is 2.20 bits per heavy atom. The smallest absolute Gasteiger partial charge is 0.497 e. The molecule has 5 nitrogen and oxygen atoms in total. The molecule has 0 fully saturated rings. The molecule has 10 heteroatoms. The van der Waals surface area contributed by atoms with Crippen molar-refractivity contribution < 1.29 is 27.4 Å². The highest BCUT2D eigenvalue weighted by Crippen LogP contribution is 2.24. The first-order valence-electron chi connectivity index (χ1n) is 12.7. The molecule has 1 amide bonds. The van der Waals surface area contributed by atoms with Crippen LogP contribution in [0, 0.1) is 0 Å². The first-order chi connectivity index (χ1) is 19.8. The fourth-order valence-electron chi connectivity index (χ4n) is 3.95. The van der Waals surface area contributed by atoms with E-state index in [9.17, 15) is 18.0 Å². The molecule has 4 aromatic rings. The van der Waals surface area contributed by atoms with E-state index in [4.69, 9.17) is 4.74 Å². The maximum atomic E-state index is 12.4. The Kier molecular flexibility index (Phi) is 11.0. The number of ether oxygens (including phenoxy) is 2. The average molecular weight is 599 g/mol. The Balaban J connectivity index is 1.33. The molecule has 0 bridgehead atoms. The lowest BCUT2D eigenvalue weighted by molar-refractivity contribution is -0.274. The van der Waals surface area contributed by atoms with Crippen molar-refractivity contribution in [2.75, 3.05) is 19.4 Å². The number of nitrogens with one attached hydrogen (secondary N) is 1. The number of benzene rings is 4. The van der Waals surface area contributed by atoms with Crippen molar-refractivity contribution in [2.24, 2.45) is 0 Å². The predicted molar refractivity (Wildman–Crippen MR) is 157 cm³/mol. The van der Waals surface area contributed by atoms with Crippen LogP contribution < -0.4 is 14.2 Å². The van der Waals surface area contributed by atoms with Gasteiger partial charge in [-0.05, 0) is 83.7 Å². The van der Waals surface area contributed by atoms with Gasteiger partial charge in [0.1, 0.15) is 11.5 Å². The molecular weight excluding hydrogens is 569 g/mol. The second-order valence-electron chi connectivity index (χ2n) is 8.97. The van der Waals surface area contributed by atoms with Gasteiger partial charge in [-0.2, -0.15) is 0 Å². The lowest BCUT2D eigenvalue weighted by Gasteiger charge is -2.23. The van der Waals surface area contributed by atoms with E-state index in [0.717, 1.165) is 65.7 Å². The molecule has 1 N–H and O–H groups in total. The summed E-state index contributed by atoms with van der Waals surface area (Å²) < 4.78 is 49.0. The molecule has 4 aromatic carbocycles. The molecule has 0 aliphatic heterocycles. The third-order valence-electron chi connectivity index (χ3n) is 5.90. The van der Waals surface area contributed by atoms with Crippen LogP contribution in [0.5, 0.6) is 11.5 Å². The summed E-state index contributed by atoms with van der Waals surface area (Å²) >= 11 is 2.97. The summed E-state index contributed by atoms with van der Waals surface area (Å²) in [5.74, 6) is 0.974. The van der Waals surface area contributed by atoms with E-state index in [-0.39, 0.29) is 11.3 Å². The van der Waals surface area contributed by atoms with Crippen LogP contribution in [0.15, 0.2) is 113 Å². The molecular formula is C31H29F3N2O3S2. The zero-order valence-corrected chi connectivity index (χ0v) is 23.9. The van der Waals surface area contributed by atoms with Crippen LogP contribution in [0.25, 0.3) is 0 Å². The number of halogens is 3. The topological polar surface area (TPSA) is 50.8 Å². The quantitative estimate of drug-likeness (QED) is 0.125. The lowest BCUT2D eigenvalue weighted by Crippen LogP contribution is -2.25. The van der Waals surface area contributed by atoms with Crippen LogP contribution in [-0.2, 0) is 13.1 Å². The fourth-order valence-corrected chi connectivity index (χ4v) is 5.48. The molecule has 0 spiro atoms. The van der Waals surface area contributed by atoms with Crippen molar-refractivity contribution in [3.63, 3.8) is 0 Å². The average Bonchev–Trinajstić information content (AvgIpc) is 2.97. The van der Waals surface area contributed by atoms with Gasteiger partial charge >= 0.3 is 6.36 Å². The lowest BCUT2D eigenvalue weighted by atomic mass is 10.1. The van der Waals surface area contributed by atoms with Gasteiger partial charge in [0.05, 0.1) is 7.11 Å². The highest BCUT2D eigenvalue weighted by atomic mass is 32.2. The number of methoxy groups -OCH3 is 1. The van der Waals surface area contributed by atoms with E-state index in [1.165, 1.54) is 22.6 Å². The first-order valence-corrected chi connectivity index (χ1v) is 14.5. The molecule has 0 radical (unpaired) electrons. The van der Waals surface area contributed by atoms with Gasteiger partial charge in [-0.3, -0.25) is 14.4 Å².